The average molecular weight is 404 g/mol. The predicted molar refractivity (Wildman–Crippen MR) is 90.3 cm³/mol. The van der Waals surface area contributed by atoms with E-state index >= 15 is 0 Å². The molecule has 0 fully saturated rings. The van der Waals surface area contributed by atoms with Crippen molar-refractivity contribution in [3.63, 3.8) is 0 Å². The van der Waals surface area contributed by atoms with E-state index in [4.69, 9.17) is 11.6 Å². The zero-order chi connectivity index (χ0) is 13.8. The molecule has 0 aliphatic rings. The van der Waals surface area contributed by atoms with Gasteiger partial charge < -0.3 is 4.90 Å². The van der Waals surface area contributed by atoms with Crippen molar-refractivity contribution in [2.24, 2.45) is 0 Å². The summed E-state index contributed by atoms with van der Waals surface area (Å²) >= 11 is 13.1. The largest absolute Gasteiger partial charge is 0.370 e. The molecular formula is C15H14Br2ClN. The van der Waals surface area contributed by atoms with E-state index in [1.165, 1.54) is 16.8 Å². The summed E-state index contributed by atoms with van der Waals surface area (Å²) in [5, 5.41) is 1.62. The van der Waals surface area contributed by atoms with Crippen LogP contribution < -0.4 is 4.90 Å². The Labute approximate surface area is 135 Å². The Morgan fingerprint density at radius 1 is 1.16 bits per heavy atom. The summed E-state index contributed by atoms with van der Waals surface area (Å²) in [5.74, 6) is 0. The van der Waals surface area contributed by atoms with Crippen LogP contribution in [0.2, 0.25) is 5.02 Å². The molecule has 0 aliphatic carbocycles. The summed E-state index contributed by atoms with van der Waals surface area (Å²) in [6, 6.07) is 14.3. The summed E-state index contributed by atoms with van der Waals surface area (Å²) in [6.45, 7) is 0.830. The predicted octanol–water partition coefficient (Wildman–Crippen LogP) is 5.63. The maximum atomic E-state index is 6.02. The number of nitrogens with zero attached hydrogens (tertiary/aromatic N) is 1. The molecule has 2 aromatic carbocycles. The van der Waals surface area contributed by atoms with Crippen LogP contribution in [-0.4, -0.2) is 7.05 Å². The van der Waals surface area contributed by atoms with Crippen molar-refractivity contribution in [1.29, 1.82) is 0 Å². The van der Waals surface area contributed by atoms with Crippen molar-refractivity contribution < 1.29 is 0 Å². The van der Waals surface area contributed by atoms with Crippen molar-refractivity contribution in [2.45, 2.75) is 11.9 Å². The topological polar surface area (TPSA) is 3.24 Å². The molecule has 19 heavy (non-hydrogen) atoms. The molecule has 0 aromatic heterocycles. The number of rotatable bonds is 4. The molecule has 0 bridgehead atoms. The van der Waals surface area contributed by atoms with Gasteiger partial charge in [-0.3, -0.25) is 0 Å². The molecule has 0 N–H and O–H groups in total. The Balaban J connectivity index is 2.24. The van der Waals surface area contributed by atoms with Crippen LogP contribution >= 0.6 is 43.5 Å². The van der Waals surface area contributed by atoms with E-state index in [9.17, 15) is 0 Å². The molecule has 0 saturated carbocycles. The molecule has 0 heterocycles. The highest BCUT2D eigenvalue weighted by atomic mass is 79.9. The van der Waals surface area contributed by atoms with Gasteiger partial charge in [0.1, 0.15) is 0 Å². The Morgan fingerprint density at radius 3 is 2.63 bits per heavy atom. The van der Waals surface area contributed by atoms with E-state index in [1.807, 2.05) is 18.2 Å². The molecular weight excluding hydrogens is 389 g/mol. The maximum Gasteiger partial charge on any atom is 0.0426 e. The van der Waals surface area contributed by atoms with Gasteiger partial charge in [0.05, 0.1) is 0 Å². The zero-order valence-electron chi connectivity index (χ0n) is 10.5. The Bertz CT molecular complexity index is 572. The summed E-state index contributed by atoms with van der Waals surface area (Å²) in [6.07, 6.45) is 0. The van der Waals surface area contributed by atoms with Gasteiger partial charge in [-0.15, -0.1) is 0 Å². The third kappa shape index (κ3) is 3.98. The van der Waals surface area contributed by atoms with Crippen molar-refractivity contribution >= 4 is 49.1 Å². The first-order valence-electron chi connectivity index (χ1n) is 5.90. The summed E-state index contributed by atoms with van der Waals surface area (Å²) < 4.78 is 1.09. The van der Waals surface area contributed by atoms with Gasteiger partial charge in [0.15, 0.2) is 0 Å². The van der Waals surface area contributed by atoms with Crippen molar-refractivity contribution in [1.82, 2.24) is 0 Å². The lowest BCUT2D eigenvalue weighted by atomic mass is 10.1. The van der Waals surface area contributed by atoms with Gasteiger partial charge in [-0.1, -0.05) is 61.7 Å². The van der Waals surface area contributed by atoms with Crippen LogP contribution in [0.3, 0.4) is 0 Å². The van der Waals surface area contributed by atoms with Crippen LogP contribution in [0.25, 0.3) is 0 Å². The molecule has 2 aromatic rings. The first-order valence-corrected chi connectivity index (χ1v) is 8.19. The Hall–Kier alpha value is -0.510. The van der Waals surface area contributed by atoms with Crippen molar-refractivity contribution in [3.8, 4) is 0 Å². The van der Waals surface area contributed by atoms with Crippen LogP contribution in [0.4, 0.5) is 5.69 Å². The molecule has 0 amide bonds. The van der Waals surface area contributed by atoms with E-state index in [-0.39, 0.29) is 0 Å². The van der Waals surface area contributed by atoms with Crippen LogP contribution in [0.5, 0.6) is 0 Å². The lowest BCUT2D eigenvalue weighted by Crippen LogP contribution is -2.17. The number of hydrogen-bond donors (Lipinski definition) is 0. The molecule has 0 spiro atoms. The average Bonchev–Trinajstić information content (AvgIpc) is 2.38. The Kier molecular flexibility index (Phi) is 5.31. The molecule has 0 unspecified atom stereocenters. The van der Waals surface area contributed by atoms with Gasteiger partial charge in [0.25, 0.3) is 0 Å². The standard InChI is InChI=1S/C15H14Br2ClN/c1-19(10-11-3-2-4-14(18)7-11)15-8-13(17)6-5-12(15)9-16/h2-8H,9-10H2,1H3. The van der Waals surface area contributed by atoms with Gasteiger partial charge in [0, 0.05) is 34.1 Å². The van der Waals surface area contributed by atoms with E-state index < -0.39 is 0 Å². The van der Waals surface area contributed by atoms with Crippen molar-refractivity contribution in [2.75, 3.05) is 11.9 Å². The van der Waals surface area contributed by atoms with Gasteiger partial charge >= 0.3 is 0 Å². The minimum absolute atomic E-state index is 0.779. The number of alkyl halides is 1. The van der Waals surface area contributed by atoms with Gasteiger partial charge in [-0.05, 0) is 35.4 Å². The monoisotopic (exact) mass is 401 g/mol. The van der Waals surface area contributed by atoms with Gasteiger partial charge in [0.2, 0.25) is 0 Å². The van der Waals surface area contributed by atoms with Crippen LogP contribution in [-0.2, 0) is 11.9 Å². The fraction of sp³-hybridized carbons (Fsp3) is 0.200. The van der Waals surface area contributed by atoms with E-state index in [1.54, 1.807) is 0 Å². The first kappa shape index (κ1) is 14.9. The normalized spacial score (nSPS) is 10.5. The van der Waals surface area contributed by atoms with Gasteiger partial charge in [-0.2, -0.15) is 0 Å². The highest BCUT2D eigenvalue weighted by Crippen LogP contribution is 2.27. The molecule has 0 aliphatic heterocycles. The first-order chi connectivity index (χ1) is 9.10. The molecule has 0 radical (unpaired) electrons. The fourth-order valence-electron chi connectivity index (χ4n) is 2.00. The smallest absolute Gasteiger partial charge is 0.0426 e. The Morgan fingerprint density at radius 2 is 1.95 bits per heavy atom. The number of benzene rings is 2. The van der Waals surface area contributed by atoms with E-state index in [2.05, 4.69) is 68.1 Å². The molecule has 0 saturated heterocycles. The van der Waals surface area contributed by atoms with Crippen molar-refractivity contribution in [3.05, 3.63) is 63.1 Å². The minimum Gasteiger partial charge on any atom is -0.370 e. The number of hydrogen-bond acceptors (Lipinski definition) is 1. The van der Waals surface area contributed by atoms with Crippen LogP contribution in [0.15, 0.2) is 46.9 Å². The highest BCUT2D eigenvalue weighted by Gasteiger charge is 2.08. The highest BCUT2D eigenvalue weighted by molar-refractivity contribution is 9.10. The third-order valence-electron chi connectivity index (χ3n) is 2.91. The van der Waals surface area contributed by atoms with E-state index in [0.717, 1.165) is 21.4 Å². The maximum absolute atomic E-state index is 6.02. The quantitative estimate of drug-likeness (QED) is 0.598. The fourth-order valence-corrected chi connectivity index (χ4v) is 3.04. The summed E-state index contributed by atoms with van der Waals surface area (Å²) in [5.41, 5.74) is 3.69. The lowest BCUT2D eigenvalue weighted by Gasteiger charge is -2.22. The molecule has 4 heteroatoms. The summed E-state index contributed by atoms with van der Waals surface area (Å²) in [4.78, 5) is 2.23. The summed E-state index contributed by atoms with van der Waals surface area (Å²) in [7, 11) is 2.09. The molecule has 2 rings (SSSR count). The number of anilines is 1. The van der Waals surface area contributed by atoms with Crippen LogP contribution in [0.1, 0.15) is 11.1 Å². The lowest BCUT2D eigenvalue weighted by molar-refractivity contribution is 0.916. The number of halogens is 3. The third-order valence-corrected chi connectivity index (χ3v) is 4.24. The minimum atomic E-state index is 0.779. The second-order valence-corrected chi connectivity index (χ2v) is 6.31. The SMILES string of the molecule is CN(Cc1cccc(Cl)c1)c1cc(Br)ccc1CBr. The van der Waals surface area contributed by atoms with Crippen LogP contribution in [0, 0.1) is 0 Å². The van der Waals surface area contributed by atoms with E-state index in [0.29, 0.717) is 0 Å². The van der Waals surface area contributed by atoms with Gasteiger partial charge in [-0.25, -0.2) is 0 Å². The molecule has 100 valence electrons. The zero-order valence-corrected chi connectivity index (χ0v) is 14.5. The second kappa shape index (κ2) is 6.78. The molecule has 0 atom stereocenters. The second-order valence-electron chi connectivity index (χ2n) is 4.39. The molecule has 1 nitrogen and oxygen atoms in total.